The van der Waals surface area contributed by atoms with Crippen LogP contribution in [-0.4, -0.2) is 0 Å². The van der Waals surface area contributed by atoms with Crippen LogP contribution in [0.15, 0.2) is 24.3 Å². The van der Waals surface area contributed by atoms with Gasteiger partial charge in [-0.15, -0.1) is 17.0 Å². The van der Waals surface area contributed by atoms with E-state index >= 15 is 0 Å². The van der Waals surface area contributed by atoms with E-state index in [4.69, 9.17) is 17.3 Å². The monoisotopic (exact) mass is 207 g/mol. The summed E-state index contributed by atoms with van der Waals surface area (Å²) in [7, 11) is 0. The second kappa shape index (κ2) is 3.75. The maximum absolute atomic E-state index is 5.56. The van der Waals surface area contributed by atoms with Crippen LogP contribution < -0.4 is 5.73 Å². The van der Waals surface area contributed by atoms with Gasteiger partial charge in [0.2, 0.25) is 0 Å². The van der Waals surface area contributed by atoms with Gasteiger partial charge in [-0.1, -0.05) is 11.6 Å². The molecule has 50 valence electrons. The SMILES string of the molecule is Br.Nc1ccc(Cl)cc1. The molecule has 0 radical (unpaired) electrons. The first kappa shape index (κ1) is 8.79. The van der Waals surface area contributed by atoms with Gasteiger partial charge in [-0.2, -0.15) is 0 Å². The molecule has 0 saturated carbocycles. The first-order chi connectivity index (χ1) is 3.79. The molecule has 1 aromatic rings. The molecule has 0 aliphatic carbocycles. The highest BCUT2D eigenvalue weighted by molar-refractivity contribution is 8.93. The van der Waals surface area contributed by atoms with Crippen LogP contribution in [0.5, 0.6) is 0 Å². The summed E-state index contributed by atoms with van der Waals surface area (Å²) >= 11 is 5.56. The molecule has 0 heterocycles. The molecule has 0 saturated heterocycles. The Morgan fingerprint density at radius 1 is 1.11 bits per heavy atom. The Labute approximate surface area is 69.6 Å². The smallest absolute Gasteiger partial charge is 0.0407 e. The highest BCUT2D eigenvalue weighted by Crippen LogP contribution is 2.09. The fourth-order valence-corrected chi connectivity index (χ4v) is 0.589. The van der Waals surface area contributed by atoms with Gasteiger partial charge in [0.1, 0.15) is 0 Å². The van der Waals surface area contributed by atoms with Crippen LogP contribution in [0.4, 0.5) is 5.69 Å². The van der Waals surface area contributed by atoms with Crippen molar-refractivity contribution >= 4 is 34.3 Å². The Kier molecular flexibility index (Phi) is 3.66. The Bertz CT molecular complexity index is 152. The zero-order valence-electron chi connectivity index (χ0n) is 4.67. The predicted molar refractivity (Wildman–Crippen MR) is 46.2 cm³/mol. The van der Waals surface area contributed by atoms with Gasteiger partial charge >= 0.3 is 0 Å². The Morgan fingerprint density at radius 2 is 1.56 bits per heavy atom. The van der Waals surface area contributed by atoms with E-state index in [-0.39, 0.29) is 17.0 Å². The maximum Gasteiger partial charge on any atom is 0.0407 e. The third-order valence-corrected chi connectivity index (χ3v) is 1.12. The molecule has 9 heavy (non-hydrogen) atoms. The molecule has 3 heteroatoms. The predicted octanol–water partition coefficient (Wildman–Crippen LogP) is 2.50. The number of benzene rings is 1. The number of hydrogen-bond donors (Lipinski definition) is 1. The summed E-state index contributed by atoms with van der Waals surface area (Å²) in [4.78, 5) is 0. The van der Waals surface area contributed by atoms with Crippen molar-refractivity contribution in [2.45, 2.75) is 0 Å². The lowest BCUT2D eigenvalue weighted by Gasteiger charge is -1.88. The van der Waals surface area contributed by atoms with Gasteiger partial charge in [0.25, 0.3) is 0 Å². The molecule has 1 aromatic carbocycles. The van der Waals surface area contributed by atoms with E-state index in [1.165, 1.54) is 0 Å². The lowest BCUT2D eigenvalue weighted by atomic mass is 10.3. The minimum atomic E-state index is 0. The van der Waals surface area contributed by atoms with Gasteiger partial charge in [0, 0.05) is 10.7 Å². The highest BCUT2D eigenvalue weighted by atomic mass is 79.9. The van der Waals surface area contributed by atoms with Crippen molar-refractivity contribution in [2.24, 2.45) is 0 Å². The summed E-state index contributed by atoms with van der Waals surface area (Å²) in [6.07, 6.45) is 0. The third kappa shape index (κ3) is 2.72. The van der Waals surface area contributed by atoms with E-state index in [0.29, 0.717) is 0 Å². The molecular weight excluding hydrogens is 201 g/mol. The van der Waals surface area contributed by atoms with E-state index in [2.05, 4.69) is 0 Å². The minimum absolute atomic E-state index is 0. The van der Waals surface area contributed by atoms with E-state index in [9.17, 15) is 0 Å². The Morgan fingerprint density at radius 3 is 1.89 bits per heavy atom. The summed E-state index contributed by atoms with van der Waals surface area (Å²) in [5, 5.41) is 0.721. The Balaban J connectivity index is 0.000000640. The molecule has 0 amide bonds. The van der Waals surface area contributed by atoms with Crippen molar-refractivity contribution < 1.29 is 0 Å². The summed E-state index contributed by atoms with van der Waals surface area (Å²) < 4.78 is 0. The van der Waals surface area contributed by atoms with E-state index in [1.807, 2.05) is 0 Å². The third-order valence-electron chi connectivity index (χ3n) is 0.870. The van der Waals surface area contributed by atoms with Crippen molar-refractivity contribution in [3.63, 3.8) is 0 Å². The largest absolute Gasteiger partial charge is 0.399 e. The summed E-state index contributed by atoms with van der Waals surface area (Å²) in [6, 6.07) is 7.05. The van der Waals surface area contributed by atoms with Gasteiger partial charge in [0.15, 0.2) is 0 Å². The quantitative estimate of drug-likeness (QED) is 0.652. The molecule has 0 atom stereocenters. The van der Waals surface area contributed by atoms with Gasteiger partial charge in [-0.05, 0) is 24.3 Å². The minimum Gasteiger partial charge on any atom is -0.399 e. The summed E-state index contributed by atoms with van der Waals surface area (Å²) in [5.74, 6) is 0. The molecule has 0 aliphatic heterocycles. The molecule has 0 unspecified atom stereocenters. The summed E-state index contributed by atoms with van der Waals surface area (Å²) in [5.41, 5.74) is 6.11. The molecular formula is C6H7BrClN. The van der Waals surface area contributed by atoms with Crippen LogP contribution in [0.3, 0.4) is 0 Å². The van der Waals surface area contributed by atoms with Crippen molar-refractivity contribution in [3.8, 4) is 0 Å². The summed E-state index contributed by atoms with van der Waals surface area (Å²) in [6.45, 7) is 0. The van der Waals surface area contributed by atoms with Crippen molar-refractivity contribution in [1.82, 2.24) is 0 Å². The number of halogens is 2. The number of rotatable bonds is 0. The van der Waals surface area contributed by atoms with Crippen LogP contribution in [0.2, 0.25) is 5.02 Å². The van der Waals surface area contributed by atoms with Crippen LogP contribution in [-0.2, 0) is 0 Å². The Hall–Kier alpha value is -0.210. The number of hydrogen-bond acceptors (Lipinski definition) is 1. The second-order valence-corrected chi connectivity index (χ2v) is 1.99. The zero-order chi connectivity index (χ0) is 5.98. The molecule has 0 bridgehead atoms. The van der Waals surface area contributed by atoms with Crippen LogP contribution in [0.1, 0.15) is 0 Å². The number of nitrogen functional groups attached to an aromatic ring is 1. The molecule has 0 aliphatic rings. The zero-order valence-corrected chi connectivity index (χ0v) is 7.14. The van der Waals surface area contributed by atoms with E-state index in [0.717, 1.165) is 10.7 Å². The lowest BCUT2D eigenvalue weighted by molar-refractivity contribution is 1.69. The topological polar surface area (TPSA) is 26.0 Å². The van der Waals surface area contributed by atoms with Crippen LogP contribution in [0, 0.1) is 0 Å². The van der Waals surface area contributed by atoms with E-state index in [1.54, 1.807) is 24.3 Å². The average Bonchev–Trinajstić information content (AvgIpc) is 1.77. The van der Waals surface area contributed by atoms with Gasteiger partial charge in [-0.3, -0.25) is 0 Å². The van der Waals surface area contributed by atoms with Gasteiger partial charge in [0.05, 0.1) is 0 Å². The maximum atomic E-state index is 5.56. The highest BCUT2D eigenvalue weighted by Gasteiger charge is 1.82. The molecule has 0 fully saturated rings. The van der Waals surface area contributed by atoms with Gasteiger partial charge in [-0.25, -0.2) is 0 Å². The molecule has 2 N–H and O–H groups in total. The van der Waals surface area contributed by atoms with Gasteiger partial charge < -0.3 is 5.73 Å². The molecule has 0 aromatic heterocycles. The van der Waals surface area contributed by atoms with Crippen LogP contribution in [0.25, 0.3) is 0 Å². The van der Waals surface area contributed by atoms with Crippen molar-refractivity contribution in [3.05, 3.63) is 29.3 Å². The fourth-order valence-electron chi connectivity index (χ4n) is 0.463. The first-order valence-electron chi connectivity index (χ1n) is 2.30. The van der Waals surface area contributed by atoms with Crippen LogP contribution >= 0.6 is 28.6 Å². The normalized spacial score (nSPS) is 8.11. The van der Waals surface area contributed by atoms with Crippen molar-refractivity contribution in [1.29, 1.82) is 0 Å². The fraction of sp³-hybridized carbons (Fsp3) is 0. The molecule has 1 nitrogen and oxygen atoms in total. The molecule has 1 rings (SSSR count). The number of anilines is 1. The molecule has 0 spiro atoms. The van der Waals surface area contributed by atoms with E-state index < -0.39 is 0 Å². The average molecular weight is 208 g/mol. The lowest BCUT2D eigenvalue weighted by Crippen LogP contribution is -1.80. The number of nitrogens with two attached hydrogens (primary N) is 1. The standard InChI is InChI=1S/C6H6ClN.BrH/c7-5-1-3-6(8)4-2-5;/h1-4H,8H2;1H. The second-order valence-electron chi connectivity index (χ2n) is 1.55. The first-order valence-corrected chi connectivity index (χ1v) is 2.68. The van der Waals surface area contributed by atoms with Crippen molar-refractivity contribution in [2.75, 3.05) is 5.73 Å².